The molecule has 0 bridgehead atoms. The minimum Gasteiger partial charge on any atom is -0.354 e. The molecule has 2 N–H and O–H groups in total. The van der Waals surface area contributed by atoms with Gasteiger partial charge in [0.15, 0.2) is 0 Å². The summed E-state index contributed by atoms with van der Waals surface area (Å²) in [4.78, 5) is 16.4. The lowest BCUT2D eigenvalue weighted by atomic mass is 10.1. The maximum atomic E-state index is 12.1. The van der Waals surface area contributed by atoms with Crippen LogP contribution < -0.4 is 10.6 Å². The van der Waals surface area contributed by atoms with Crippen LogP contribution in [0, 0.1) is 13.8 Å². The van der Waals surface area contributed by atoms with Crippen molar-refractivity contribution in [3.8, 4) is 0 Å². The average molecular weight is 331 g/mol. The van der Waals surface area contributed by atoms with Gasteiger partial charge >= 0.3 is 0 Å². The van der Waals surface area contributed by atoms with E-state index in [4.69, 9.17) is 0 Å². The molecule has 3 aromatic rings. The van der Waals surface area contributed by atoms with E-state index in [1.165, 1.54) is 5.56 Å². The normalized spacial score (nSPS) is 10.3. The molecule has 126 valence electrons. The predicted octanol–water partition coefficient (Wildman–Crippen LogP) is 4.62. The summed E-state index contributed by atoms with van der Waals surface area (Å²) >= 11 is 0. The third-order valence-corrected chi connectivity index (χ3v) is 3.94. The molecule has 3 rings (SSSR count). The number of amides is 1. The molecule has 25 heavy (non-hydrogen) atoms. The van der Waals surface area contributed by atoms with Gasteiger partial charge in [-0.05, 0) is 43.2 Å². The third kappa shape index (κ3) is 4.67. The molecule has 1 heterocycles. The zero-order valence-electron chi connectivity index (χ0n) is 14.4. The van der Waals surface area contributed by atoms with Crippen LogP contribution >= 0.6 is 0 Å². The Morgan fingerprint density at radius 3 is 2.40 bits per heavy atom. The molecule has 4 heteroatoms. The van der Waals surface area contributed by atoms with Crippen molar-refractivity contribution in [2.24, 2.45) is 0 Å². The first-order valence-electron chi connectivity index (χ1n) is 8.24. The van der Waals surface area contributed by atoms with Crippen molar-refractivity contribution in [3.05, 3.63) is 83.6 Å². The highest BCUT2D eigenvalue weighted by Crippen LogP contribution is 2.20. The Morgan fingerprint density at radius 1 is 0.960 bits per heavy atom. The Kier molecular flexibility index (Phi) is 5.09. The molecule has 0 radical (unpaired) electrons. The molecule has 0 spiro atoms. The second kappa shape index (κ2) is 7.62. The van der Waals surface area contributed by atoms with Gasteiger partial charge in [0.2, 0.25) is 5.91 Å². The van der Waals surface area contributed by atoms with Gasteiger partial charge in [0.1, 0.15) is 5.82 Å². The molecule has 0 fully saturated rings. The van der Waals surface area contributed by atoms with E-state index in [2.05, 4.69) is 28.6 Å². The van der Waals surface area contributed by atoms with Crippen LogP contribution in [0.4, 0.5) is 17.2 Å². The lowest BCUT2D eigenvalue weighted by molar-refractivity contribution is -0.115. The second-order valence-electron chi connectivity index (χ2n) is 6.08. The number of benzene rings is 2. The number of para-hydroxylation sites is 1. The molecule has 2 aromatic carbocycles. The highest BCUT2D eigenvalue weighted by Gasteiger charge is 2.05. The van der Waals surface area contributed by atoms with Gasteiger partial charge < -0.3 is 10.6 Å². The van der Waals surface area contributed by atoms with Gasteiger partial charge in [-0.15, -0.1) is 0 Å². The molecule has 0 saturated carbocycles. The fraction of sp³-hybridized carbons (Fsp3) is 0.143. The van der Waals surface area contributed by atoms with E-state index in [9.17, 15) is 4.79 Å². The van der Waals surface area contributed by atoms with E-state index in [-0.39, 0.29) is 5.91 Å². The van der Waals surface area contributed by atoms with Gasteiger partial charge in [-0.25, -0.2) is 4.98 Å². The van der Waals surface area contributed by atoms with Gasteiger partial charge in [0.05, 0.1) is 18.3 Å². The van der Waals surface area contributed by atoms with Crippen LogP contribution in [0.15, 0.2) is 66.9 Å². The third-order valence-electron chi connectivity index (χ3n) is 3.94. The lowest BCUT2D eigenvalue weighted by Gasteiger charge is -2.10. The standard InChI is InChI=1S/C21H21N3O/c1-15-7-9-17(10-8-15)13-21(25)24-20-12-11-18(14-22-20)23-19-6-4-3-5-16(19)2/h3-12,14,23H,13H2,1-2H3,(H,22,24,25). The molecule has 1 aromatic heterocycles. The van der Waals surface area contributed by atoms with E-state index in [1.807, 2.05) is 55.5 Å². The van der Waals surface area contributed by atoms with E-state index in [0.717, 1.165) is 22.5 Å². The van der Waals surface area contributed by atoms with Crippen LogP contribution in [0.5, 0.6) is 0 Å². The van der Waals surface area contributed by atoms with Gasteiger partial charge in [-0.3, -0.25) is 4.79 Å². The number of carbonyl (C=O) groups excluding carboxylic acids is 1. The quantitative estimate of drug-likeness (QED) is 0.717. The second-order valence-corrected chi connectivity index (χ2v) is 6.08. The summed E-state index contributed by atoms with van der Waals surface area (Å²) < 4.78 is 0. The number of nitrogens with one attached hydrogen (secondary N) is 2. The zero-order valence-corrected chi connectivity index (χ0v) is 14.4. The lowest BCUT2D eigenvalue weighted by Crippen LogP contribution is -2.15. The van der Waals surface area contributed by atoms with Crippen LogP contribution in [-0.4, -0.2) is 10.9 Å². The number of pyridine rings is 1. The molecule has 0 unspecified atom stereocenters. The number of hydrogen-bond donors (Lipinski definition) is 2. The molecule has 0 aliphatic carbocycles. The van der Waals surface area contributed by atoms with Crippen molar-refractivity contribution < 1.29 is 4.79 Å². The van der Waals surface area contributed by atoms with Crippen molar-refractivity contribution in [1.29, 1.82) is 0 Å². The van der Waals surface area contributed by atoms with Crippen molar-refractivity contribution in [2.75, 3.05) is 10.6 Å². The van der Waals surface area contributed by atoms with Crippen LogP contribution in [0.2, 0.25) is 0 Å². The largest absolute Gasteiger partial charge is 0.354 e. The molecule has 4 nitrogen and oxygen atoms in total. The fourth-order valence-corrected chi connectivity index (χ4v) is 2.49. The maximum Gasteiger partial charge on any atom is 0.229 e. The summed E-state index contributed by atoms with van der Waals surface area (Å²) in [5.41, 5.74) is 5.26. The van der Waals surface area contributed by atoms with Gasteiger partial charge in [-0.1, -0.05) is 48.0 Å². The van der Waals surface area contributed by atoms with Gasteiger partial charge in [0, 0.05) is 5.69 Å². The summed E-state index contributed by atoms with van der Waals surface area (Å²) in [6.45, 7) is 4.08. The van der Waals surface area contributed by atoms with E-state index in [1.54, 1.807) is 12.3 Å². The van der Waals surface area contributed by atoms with E-state index in [0.29, 0.717) is 12.2 Å². The van der Waals surface area contributed by atoms with Gasteiger partial charge in [-0.2, -0.15) is 0 Å². The Morgan fingerprint density at radius 2 is 1.72 bits per heavy atom. The summed E-state index contributed by atoms with van der Waals surface area (Å²) in [6, 6.07) is 19.7. The highest BCUT2D eigenvalue weighted by molar-refractivity contribution is 5.91. The Bertz CT molecular complexity index is 855. The SMILES string of the molecule is Cc1ccc(CC(=O)Nc2ccc(Nc3ccccc3C)cn2)cc1. The Hall–Kier alpha value is -3.14. The summed E-state index contributed by atoms with van der Waals surface area (Å²) in [5.74, 6) is 0.475. The van der Waals surface area contributed by atoms with Crippen molar-refractivity contribution in [1.82, 2.24) is 4.98 Å². The number of carbonyl (C=O) groups is 1. The minimum absolute atomic E-state index is 0.0732. The first-order valence-corrected chi connectivity index (χ1v) is 8.24. The highest BCUT2D eigenvalue weighted by atomic mass is 16.1. The molecule has 1 amide bonds. The molecular weight excluding hydrogens is 310 g/mol. The number of hydrogen-bond acceptors (Lipinski definition) is 3. The summed E-state index contributed by atoms with van der Waals surface area (Å²) in [7, 11) is 0. The van der Waals surface area contributed by atoms with Crippen LogP contribution in [0.25, 0.3) is 0 Å². The number of aryl methyl sites for hydroxylation is 2. The Labute approximate surface area is 147 Å². The fourth-order valence-electron chi connectivity index (χ4n) is 2.49. The van der Waals surface area contributed by atoms with Crippen molar-refractivity contribution >= 4 is 23.1 Å². The average Bonchev–Trinajstić information content (AvgIpc) is 2.61. The van der Waals surface area contributed by atoms with Crippen LogP contribution in [-0.2, 0) is 11.2 Å². The predicted molar refractivity (Wildman–Crippen MR) is 102 cm³/mol. The molecule has 0 atom stereocenters. The molecule has 0 aliphatic heterocycles. The number of aromatic nitrogens is 1. The zero-order chi connectivity index (χ0) is 17.6. The van der Waals surface area contributed by atoms with E-state index >= 15 is 0 Å². The van der Waals surface area contributed by atoms with Crippen molar-refractivity contribution in [3.63, 3.8) is 0 Å². The number of rotatable bonds is 5. The maximum absolute atomic E-state index is 12.1. The topological polar surface area (TPSA) is 54.0 Å². The number of anilines is 3. The van der Waals surface area contributed by atoms with Crippen molar-refractivity contribution in [2.45, 2.75) is 20.3 Å². The van der Waals surface area contributed by atoms with Gasteiger partial charge in [0.25, 0.3) is 0 Å². The summed E-state index contributed by atoms with van der Waals surface area (Å²) in [6.07, 6.45) is 2.05. The van der Waals surface area contributed by atoms with E-state index < -0.39 is 0 Å². The van der Waals surface area contributed by atoms with Crippen LogP contribution in [0.3, 0.4) is 0 Å². The molecule has 0 saturated heterocycles. The van der Waals surface area contributed by atoms with Crippen LogP contribution in [0.1, 0.15) is 16.7 Å². The smallest absolute Gasteiger partial charge is 0.229 e. The minimum atomic E-state index is -0.0732. The number of nitrogens with zero attached hydrogens (tertiary/aromatic N) is 1. The first-order chi connectivity index (χ1) is 12.1. The molecule has 0 aliphatic rings. The Balaban J connectivity index is 1.59. The first kappa shape index (κ1) is 16.7. The monoisotopic (exact) mass is 331 g/mol. The molecular formula is C21H21N3O. The summed E-state index contributed by atoms with van der Waals surface area (Å²) in [5, 5.41) is 6.15.